The number of nitrogens with two attached hydrogens (primary N) is 1. The molecule has 0 radical (unpaired) electrons. The minimum Gasteiger partial charge on any atom is -0.491 e. The Kier molecular flexibility index (Phi) is 5.82. The number of ether oxygens (including phenoxy) is 1. The lowest BCUT2D eigenvalue weighted by Gasteiger charge is -2.16. The number of hydrogen-bond acceptors (Lipinski definition) is 4. The fraction of sp³-hybridized carbons (Fsp3) is 0.538. The van der Waals surface area contributed by atoms with E-state index in [4.69, 9.17) is 10.5 Å². The van der Waals surface area contributed by atoms with Crippen molar-refractivity contribution in [3.63, 3.8) is 0 Å². The van der Waals surface area contributed by atoms with Crippen LogP contribution in [0.1, 0.15) is 20.3 Å². The molecule has 0 aromatic heterocycles. The topological polar surface area (TPSA) is 72.6 Å². The molecule has 0 saturated carbocycles. The van der Waals surface area contributed by atoms with Gasteiger partial charge in [-0.2, -0.15) is 4.31 Å². The Morgan fingerprint density at radius 1 is 1.30 bits per heavy atom. The summed E-state index contributed by atoms with van der Waals surface area (Å²) in [5, 5.41) is 0. The van der Waals surface area contributed by atoms with Crippen LogP contribution in [-0.4, -0.2) is 38.0 Å². The minimum absolute atomic E-state index is 0. The molecule has 114 valence electrons. The second-order valence-corrected chi connectivity index (χ2v) is 6.99. The van der Waals surface area contributed by atoms with E-state index in [0.29, 0.717) is 25.3 Å². The Balaban J connectivity index is 0.00000200. The van der Waals surface area contributed by atoms with E-state index < -0.39 is 10.0 Å². The van der Waals surface area contributed by atoms with Crippen molar-refractivity contribution < 1.29 is 13.2 Å². The third-order valence-corrected chi connectivity index (χ3v) is 4.90. The van der Waals surface area contributed by atoms with Crippen molar-refractivity contribution in [3.8, 4) is 5.75 Å². The quantitative estimate of drug-likeness (QED) is 0.915. The van der Waals surface area contributed by atoms with Crippen LogP contribution < -0.4 is 10.5 Å². The van der Waals surface area contributed by atoms with Gasteiger partial charge in [0.2, 0.25) is 10.0 Å². The van der Waals surface area contributed by atoms with E-state index in [0.717, 1.165) is 0 Å². The standard InChI is InChI=1S/C13H20N2O3S.ClH/c1-10(2)18-12-3-5-13(6-4-12)19(16,17)15-8-7-11(14)9-15;/h3-6,10-11H,7-9,14H2,1-2H3;1H. The molecule has 0 spiro atoms. The monoisotopic (exact) mass is 320 g/mol. The van der Waals surface area contributed by atoms with Crippen molar-refractivity contribution in [3.05, 3.63) is 24.3 Å². The van der Waals surface area contributed by atoms with E-state index in [1.54, 1.807) is 24.3 Å². The summed E-state index contributed by atoms with van der Waals surface area (Å²) in [5.74, 6) is 0.673. The molecule has 1 aromatic carbocycles. The van der Waals surface area contributed by atoms with Crippen LogP contribution in [0, 0.1) is 0 Å². The van der Waals surface area contributed by atoms with E-state index in [2.05, 4.69) is 0 Å². The molecule has 1 saturated heterocycles. The average molecular weight is 321 g/mol. The van der Waals surface area contributed by atoms with E-state index >= 15 is 0 Å². The van der Waals surface area contributed by atoms with Gasteiger partial charge in [-0.15, -0.1) is 12.4 Å². The van der Waals surface area contributed by atoms with Gasteiger partial charge < -0.3 is 10.5 Å². The predicted molar refractivity (Wildman–Crippen MR) is 80.8 cm³/mol. The van der Waals surface area contributed by atoms with E-state index in [-0.39, 0.29) is 29.4 Å². The molecule has 2 rings (SSSR count). The maximum absolute atomic E-state index is 12.3. The van der Waals surface area contributed by atoms with Gasteiger partial charge in [-0.3, -0.25) is 0 Å². The van der Waals surface area contributed by atoms with Crippen LogP contribution in [0.3, 0.4) is 0 Å². The van der Waals surface area contributed by atoms with Gasteiger partial charge in [0, 0.05) is 19.1 Å². The first-order chi connectivity index (χ1) is 8.89. The summed E-state index contributed by atoms with van der Waals surface area (Å²) in [4.78, 5) is 0.290. The smallest absolute Gasteiger partial charge is 0.243 e. The van der Waals surface area contributed by atoms with Gasteiger partial charge in [0.1, 0.15) is 5.75 Å². The summed E-state index contributed by atoms with van der Waals surface area (Å²) in [6.45, 7) is 4.74. The highest BCUT2D eigenvalue weighted by molar-refractivity contribution is 7.89. The summed E-state index contributed by atoms with van der Waals surface area (Å²) >= 11 is 0. The molecule has 1 aliphatic rings. The van der Waals surface area contributed by atoms with Crippen molar-refractivity contribution >= 4 is 22.4 Å². The van der Waals surface area contributed by atoms with Gasteiger partial charge in [-0.05, 0) is 44.5 Å². The second-order valence-electron chi connectivity index (χ2n) is 5.05. The molecule has 0 aliphatic carbocycles. The number of sulfonamides is 1. The van der Waals surface area contributed by atoms with Crippen LogP contribution >= 0.6 is 12.4 Å². The molecule has 1 atom stereocenters. The molecule has 7 heteroatoms. The van der Waals surface area contributed by atoms with E-state index in [1.165, 1.54) is 4.31 Å². The number of nitrogens with zero attached hydrogens (tertiary/aromatic N) is 1. The molecular formula is C13H21ClN2O3S. The van der Waals surface area contributed by atoms with Crippen LogP contribution in [0.5, 0.6) is 5.75 Å². The van der Waals surface area contributed by atoms with Crippen LogP contribution in [0.25, 0.3) is 0 Å². The van der Waals surface area contributed by atoms with Gasteiger partial charge in [0.15, 0.2) is 0 Å². The van der Waals surface area contributed by atoms with E-state index in [1.807, 2.05) is 13.8 Å². The van der Waals surface area contributed by atoms with Crippen LogP contribution in [-0.2, 0) is 10.0 Å². The highest BCUT2D eigenvalue weighted by atomic mass is 35.5. The van der Waals surface area contributed by atoms with Crippen molar-refractivity contribution in [1.82, 2.24) is 4.31 Å². The third-order valence-electron chi connectivity index (χ3n) is 3.02. The van der Waals surface area contributed by atoms with Crippen molar-refractivity contribution in [2.24, 2.45) is 5.73 Å². The lowest BCUT2D eigenvalue weighted by atomic mass is 10.3. The van der Waals surface area contributed by atoms with Gasteiger partial charge in [0.25, 0.3) is 0 Å². The number of benzene rings is 1. The largest absolute Gasteiger partial charge is 0.491 e. The zero-order valence-electron chi connectivity index (χ0n) is 11.7. The number of halogens is 1. The first kappa shape index (κ1) is 17.2. The zero-order valence-corrected chi connectivity index (χ0v) is 13.3. The van der Waals surface area contributed by atoms with Gasteiger partial charge in [0.05, 0.1) is 11.0 Å². The molecule has 1 unspecified atom stereocenters. The predicted octanol–water partition coefficient (Wildman–Crippen LogP) is 1.62. The van der Waals surface area contributed by atoms with Crippen LogP contribution in [0.4, 0.5) is 0 Å². The molecule has 1 fully saturated rings. The maximum atomic E-state index is 12.3. The molecule has 0 bridgehead atoms. The van der Waals surface area contributed by atoms with Gasteiger partial charge in [-0.25, -0.2) is 8.42 Å². The molecule has 5 nitrogen and oxygen atoms in total. The average Bonchev–Trinajstić information content (AvgIpc) is 2.76. The Morgan fingerprint density at radius 3 is 2.35 bits per heavy atom. The SMILES string of the molecule is CC(C)Oc1ccc(S(=O)(=O)N2CCC(N)C2)cc1.Cl. The zero-order chi connectivity index (χ0) is 14.0. The molecule has 1 aromatic rings. The second kappa shape index (κ2) is 6.76. The Bertz CT molecular complexity index is 531. The Hall–Kier alpha value is -0.820. The molecule has 1 aliphatic heterocycles. The van der Waals surface area contributed by atoms with Gasteiger partial charge in [-0.1, -0.05) is 0 Å². The Labute approximate surface area is 126 Å². The van der Waals surface area contributed by atoms with Crippen LogP contribution in [0.15, 0.2) is 29.2 Å². The van der Waals surface area contributed by atoms with Gasteiger partial charge >= 0.3 is 0 Å². The highest BCUT2D eigenvalue weighted by Gasteiger charge is 2.30. The molecular weight excluding hydrogens is 300 g/mol. The summed E-state index contributed by atoms with van der Waals surface area (Å²) in [7, 11) is -3.42. The number of rotatable bonds is 4. The molecule has 2 N–H and O–H groups in total. The van der Waals surface area contributed by atoms with Crippen molar-refractivity contribution in [2.45, 2.75) is 37.3 Å². The first-order valence-corrected chi connectivity index (χ1v) is 7.86. The summed E-state index contributed by atoms with van der Waals surface area (Å²) in [5.41, 5.74) is 5.75. The first-order valence-electron chi connectivity index (χ1n) is 6.42. The molecule has 1 heterocycles. The lowest BCUT2D eigenvalue weighted by Crippen LogP contribution is -2.31. The summed E-state index contributed by atoms with van der Waals surface area (Å²) < 4.78 is 31.6. The minimum atomic E-state index is -3.42. The normalized spacial score (nSPS) is 19.9. The molecule has 20 heavy (non-hydrogen) atoms. The van der Waals surface area contributed by atoms with Crippen molar-refractivity contribution in [1.29, 1.82) is 0 Å². The third kappa shape index (κ3) is 3.85. The van der Waals surface area contributed by atoms with Crippen LogP contribution in [0.2, 0.25) is 0 Å². The maximum Gasteiger partial charge on any atom is 0.243 e. The summed E-state index contributed by atoms with van der Waals surface area (Å²) in [6.07, 6.45) is 0.785. The highest BCUT2D eigenvalue weighted by Crippen LogP contribution is 2.23. The fourth-order valence-electron chi connectivity index (χ4n) is 2.08. The number of hydrogen-bond donors (Lipinski definition) is 1. The fourth-order valence-corrected chi connectivity index (χ4v) is 3.60. The lowest BCUT2D eigenvalue weighted by molar-refractivity contribution is 0.242. The Morgan fingerprint density at radius 2 is 1.90 bits per heavy atom. The molecule has 0 amide bonds. The van der Waals surface area contributed by atoms with E-state index in [9.17, 15) is 8.42 Å². The van der Waals surface area contributed by atoms with Crippen molar-refractivity contribution in [2.75, 3.05) is 13.1 Å². The summed E-state index contributed by atoms with van der Waals surface area (Å²) in [6, 6.07) is 6.47.